The van der Waals surface area contributed by atoms with Crippen molar-refractivity contribution in [1.82, 2.24) is 0 Å². The van der Waals surface area contributed by atoms with E-state index in [0.717, 1.165) is 5.41 Å². The van der Waals surface area contributed by atoms with Gasteiger partial charge in [0.25, 0.3) is 0 Å². The quantitative estimate of drug-likeness (QED) is 0.506. The second kappa shape index (κ2) is 5.01. The molecular weight excluding hydrogens is 192 g/mol. The van der Waals surface area contributed by atoms with E-state index >= 15 is 0 Å². The van der Waals surface area contributed by atoms with Crippen molar-refractivity contribution in [2.45, 2.75) is 20.8 Å². The monoisotopic (exact) mass is 206 g/mol. The highest BCUT2D eigenvalue weighted by atomic mass is 32.2. The Morgan fingerprint density at radius 1 is 1.38 bits per heavy atom. The Morgan fingerprint density at radius 3 is 2.31 bits per heavy atom. The van der Waals surface area contributed by atoms with Crippen LogP contribution in [0.25, 0.3) is 0 Å². The molecule has 0 aromatic rings. The Morgan fingerprint density at radius 2 is 1.92 bits per heavy atom. The van der Waals surface area contributed by atoms with Crippen LogP contribution in [0, 0.1) is 0 Å². The van der Waals surface area contributed by atoms with Crippen LogP contribution in [0.1, 0.15) is 20.8 Å². The Bertz CT molecular complexity index is 300. The molecule has 0 amide bonds. The van der Waals surface area contributed by atoms with E-state index in [4.69, 9.17) is 0 Å². The van der Waals surface area contributed by atoms with Gasteiger partial charge in [0.2, 0.25) is 0 Å². The van der Waals surface area contributed by atoms with Crippen LogP contribution in [0.4, 0.5) is 0 Å². The van der Waals surface area contributed by atoms with Crippen LogP contribution in [0.15, 0.2) is 11.0 Å². The van der Waals surface area contributed by atoms with E-state index in [-0.39, 0.29) is 17.9 Å². The van der Waals surface area contributed by atoms with Gasteiger partial charge in [-0.15, -0.1) is 0 Å². The van der Waals surface area contributed by atoms with E-state index in [1.807, 2.05) is 0 Å². The number of sulfone groups is 1. The molecule has 4 nitrogen and oxygen atoms in total. The van der Waals surface area contributed by atoms with Crippen molar-refractivity contribution in [1.29, 1.82) is 0 Å². The summed E-state index contributed by atoms with van der Waals surface area (Å²) in [4.78, 5) is 11.0. The lowest BCUT2D eigenvalue weighted by atomic mass is 10.4. The van der Waals surface area contributed by atoms with Gasteiger partial charge in [0.15, 0.2) is 9.84 Å². The Hall–Kier alpha value is -0.840. The Labute approximate surface area is 78.5 Å². The molecule has 0 aromatic heterocycles. The summed E-state index contributed by atoms with van der Waals surface area (Å²) in [6.07, 6.45) is 0. The molecule has 5 heteroatoms. The molecule has 76 valence electrons. The van der Waals surface area contributed by atoms with Gasteiger partial charge < -0.3 is 4.74 Å². The van der Waals surface area contributed by atoms with Gasteiger partial charge in [-0.1, -0.05) is 6.92 Å². The minimum Gasteiger partial charge on any atom is -0.463 e. The van der Waals surface area contributed by atoms with Gasteiger partial charge in [-0.3, -0.25) is 0 Å². The lowest BCUT2D eigenvalue weighted by molar-refractivity contribution is -0.138. The average molecular weight is 206 g/mol. The standard InChI is InChI=1S/C8H14O4S/c1-4-12-8(9)7(3)6-13(10,11)5-2/h6H,4-5H2,1-3H3/b7-6+. The van der Waals surface area contributed by atoms with Crippen molar-refractivity contribution < 1.29 is 17.9 Å². The second-order valence-corrected chi connectivity index (χ2v) is 4.61. The summed E-state index contributed by atoms with van der Waals surface area (Å²) in [6, 6.07) is 0. The first-order valence-electron chi connectivity index (χ1n) is 4.01. The number of rotatable bonds is 4. The third kappa shape index (κ3) is 4.67. The molecule has 0 aliphatic heterocycles. The summed E-state index contributed by atoms with van der Waals surface area (Å²) in [5.74, 6) is -0.594. The van der Waals surface area contributed by atoms with Crippen LogP contribution in [0.2, 0.25) is 0 Å². The van der Waals surface area contributed by atoms with Crippen molar-refractivity contribution in [2.75, 3.05) is 12.4 Å². The van der Waals surface area contributed by atoms with E-state index in [9.17, 15) is 13.2 Å². The third-order valence-corrected chi connectivity index (χ3v) is 2.87. The summed E-state index contributed by atoms with van der Waals surface area (Å²) >= 11 is 0. The van der Waals surface area contributed by atoms with E-state index < -0.39 is 15.8 Å². The molecule has 0 unspecified atom stereocenters. The molecule has 0 fully saturated rings. The van der Waals surface area contributed by atoms with Gasteiger partial charge in [-0.25, -0.2) is 13.2 Å². The maximum Gasteiger partial charge on any atom is 0.334 e. The number of carbonyl (C=O) groups is 1. The highest BCUT2D eigenvalue weighted by molar-refractivity contribution is 7.94. The molecule has 0 spiro atoms. The molecule has 0 atom stereocenters. The van der Waals surface area contributed by atoms with Crippen molar-refractivity contribution in [3.8, 4) is 0 Å². The number of hydrogen-bond donors (Lipinski definition) is 0. The molecule has 0 saturated heterocycles. The number of esters is 1. The van der Waals surface area contributed by atoms with Gasteiger partial charge in [0.05, 0.1) is 12.4 Å². The molecule has 0 rings (SSSR count). The van der Waals surface area contributed by atoms with Crippen molar-refractivity contribution in [3.63, 3.8) is 0 Å². The minimum atomic E-state index is -3.24. The van der Waals surface area contributed by atoms with Crippen LogP contribution in [-0.4, -0.2) is 26.7 Å². The maximum atomic E-state index is 11.0. The predicted molar refractivity (Wildman–Crippen MR) is 49.9 cm³/mol. The first-order valence-corrected chi connectivity index (χ1v) is 5.72. The number of carbonyl (C=O) groups excluding carboxylic acids is 1. The largest absolute Gasteiger partial charge is 0.463 e. The van der Waals surface area contributed by atoms with Crippen LogP contribution < -0.4 is 0 Å². The molecule has 0 aromatic carbocycles. The van der Waals surface area contributed by atoms with E-state index in [0.29, 0.717) is 0 Å². The van der Waals surface area contributed by atoms with Crippen molar-refractivity contribution in [3.05, 3.63) is 11.0 Å². The fourth-order valence-corrected chi connectivity index (χ4v) is 1.45. The van der Waals surface area contributed by atoms with Gasteiger partial charge in [-0.2, -0.15) is 0 Å². The lowest BCUT2D eigenvalue weighted by Crippen LogP contribution is -2.08. The zero-order valence-electron chi connectivity index (χ0n) is 8.03. The van der Waals surface area contributed by atoms with E-state index in [2.05, 4.69) is 4.74 Å². The summed E-state index contributed by atoms with van der Waals surface area (Å²) < 4.78 is 26.7. The van der Waals surface area contributed by atoms with Crippen LogP contribution in [-0.2, 0) is 19.4 Å². The average Bonchev–Trinajstić information content (AvgIpc) is 2.04. The number of hydrogen-bond acceptors (Lipinski definition) is 4. The summed E-state index contributed by atoms with van der Waals surface area (Å²) in [7, 11) is -3.24. The van der Waals surface area contributed by atoms with Crippen LogP contribution in [0.5, 0.6) is 0 Å². The first kappa shape index (κ1) is 12.2. The molecule has 0 N–H and O–H groups in total. The summed E-state index contributed by atoms with van der Waals surface area (Å²) in [6.45, 7) is 4.85. The van der Waals surface area contributed by atoms with Crippen molar-refractivity contribution in [2.24, 2.45) is 0 Å². The minimum absolute atomic E-state index is 0.0102. The van der Waals surface area contributed by atoms with E-state index in [1.165, 1.54) is 13.8 Å². The van der Waals surface area contributed by atoms with Gasteiger partial charge in [0, 0.05) is 11.0 Å². The molecule has 0 radical (unpaired) electrons. The maximum absolute atomic E-state index is 11.0. The molecule has 13 heavy (non-hydrogen) atoms. The van der Waals surface area contributed by atoms with Gasteiger partial charge >= 0.3 is 5.97 Å². The fraction of sp³-hybridized carbons (Fsp3) is 0.625. The molecule has 0 saturated carbocycles. The molecule has 0 aliphatic rings. The fourth-order valence-electron chi connectivity index (χ4n) is 0.646. The van der Waals surface area contributed by atoms with Gasteiger partial charge in [-0.05, 0) is 13.8 Å². The topological polar surface area (TPSA) is 60.4 Å². The first-order chi connectivity index (χ1) is 5.93. The summed E-state index contributed by atoms with van der Waals surface area (Å²) in [5.41, 5.74) is 0.115. The third-order valence-electron chi connectivity index (χ3n) is 1.36. The SMILES string of the molecule is CCOC(=O)/C(C)=C/S(=O)(=O)CC. The summed E-state index contributed by atoms with van der Waals surface area (Å²) in [5, 5.41) is 0.949. The van der Waals surface area contributed by atoms with E-state index in [1.54, 1.807) is 6.92 Å². The van der Waals surface area contributed by atoms with Gasteiger partial charge in [0.1, 0.15) is 0 Å². The number of ether oxygens (including phenoxy) is 1. The molecular formula is C8H14O4S. The lowest BCUT2D eigenvalue weighted by Gasteiger charge is -2.00. The molecule has 0 heterocycles. The highest BCUT2D eigenvalue weighted by Crippen LogP contribution is 2.02. The molecule has 0 bridgehead atoms. The predicted octanol–water partition coefficient (Wildman–Crippen LogP) is 0.888. The van der Waals surface area contributed by atoms with Crippen molar-refractivity contribution >= 4 is 15.8 Å². The molecule has 0 aliphatic carbocycles. The normalized spacial score (nSPS) is 12.7. The smallest absolute Gasteiger partial charge is 0.334 e. The second-order valence-electron chi connectivity index (χ2n) is 2.47. The van der Waals surface area contributed by atoms with Crippen LogP contribution >= 0.6 is 0 Å². The Balaban J connectivity index is 4.59. The zero-order chi connectivity index (χ0) is 10.5. The zero-order valence-corrected chi connectivity index (χ0v) is 8.85. The Kier molecular flexibility index (Phi) is 4.69. The highest BCUT2D eigenvalue weighted by Gasteiger charge is 2.09. The van der Waals surface area contributed by atoms with Crippen LogP contribution in [0.3, 0.4) is 0 Å².